The Hall–Kier alpha value is -1.00. The number of ether oxygens (including phenoxy) is 2. The smallest absolute Gasteiger partial charge is 0.327 e. The van der Waals surface area contributed by atoms with E-state index in [1.165, 1.54) is 18.9 Å². The van der Waals surface area contributed by atoms with Crippen LogP contribution in [0.15, 0.2) is 35.2 Å². The van der Waals surface area contributed by atoms with Crippen molar-refractivity contribution in [1.82, 2.24) is 0 Å². The minimum absolute atomic E-state index is 0.206. The number of methoxy groups -OCH3 is 1. The molecule has 0 spiro atoms. The highest BCUT2D eigenvalue weighted by Gasteiger charge is 2.48. The largest absolute Gasteiger partial charge is 0.468 e. The van der Waals surface area contributed by atoms with Crippen LogP contribution in [0.4, 0.5) is 0 Å². The lowest BCUT2D eigenvalue weighted by atomic mass is 10.1. The number of benzene rings is 1. The first kappa shape index (κ1) is 10.5. The normalized spacial score (nSPS) is 17.9. The molecule has 4 heteroatoms. The molecule has 1 saturated heterocycles. The Morgan fingerprint density at radius 1 is 1.40 bits per heavy atom. The van der Waals surface area contributed by atoms with Crippen LogP contribution < -0.4 is 0 Å². The highest BCUT2D eigenvalue weighted by Crippen LogP contribution is 2.39. The van der Waals surface area contributed by atoms with Crippen molar-refractivity contribution in [2.45, 2.75) is 9.64 Å². The fourth-order valence-electron chi connectivity index (χ4n) is 1.41. The van der Waals surface area contributed by atoms with Gasteiger partial charge in [0.2, 0.25) is 0 Å². The summed E-state index contributed by atoms with van der Waals surface area (Å²) in [6.07, 6.45) is 0. The van der Waals surface area contributed by atoms with E-state index in [4.69, 9.17) is 9.47 Å². The van der Waals surface area contributed by atoms with Crippen LogP contribution in [0.25, 0.3) is 0 Å². The van der Waals surface area contributed by atoms with Crippen LogP contribution in [0.5, 0.6) is 0 Å². The number of hydrogen-bond donors (Lipinski definition) is 0. The van der Waals surface area contributed by atoms with Crippen molar-refractivity contribution in [3.05, 3.63) is 30.3 Å². The van der Waals surface area contributed by atoms with Gasteiger partial charge in [0.1, 0.15) is 0 Å². The molecule has 0 aliphatic carbocycles. The van der Waals surface area contributed by atoms with Gasteiger partial charge in [0, 0.05) is 4.90 Å². The lowest BCUT2D eigenvalue weighted by Gasteiger charge is -2.37. The summed E-state index contributed by atoms with van der Waals surface area (Å²) >= 11 is 1.51. The van der Waals surface area contributed by atoms with Gasteiger partial charge in [-0.15, -0.1) is 11.8 Å². The van der Waals surface area contributed by atoms with Crippen LogP contribution in [0.3, 0.4) is 0 Å². The Morgan fingerprint density at radius 2 is 2.07 bits per heavy atom. The first-order valence-electron chi connectivity index (χ1n) is 4.67. The van der Waals surface area contributed by atoms with Crippen molar-refractivity contribution in [2.24, 2.45) is 0 Å². The van der Waals surface area contributed by atoms with Crippen molar-refractivity contribution in [1.29, 1.82) is 0 Å². The van der Waals surface area contributed by atoms with E-state index in [9.17, 15) is 4.79 Å². The molecule has 0 bridgehead atoms. The maximum absolute atomic E-state index is 11.6. The number of hydrogen-bond acceptors (Lipinski definition) is 4. The molecule has 0 atom stereocenters. The number of rotatable bonds is 3. The second-order valence-electron chi connectivity index (χ2n) is 3.39. The molecule has 80 valence electrons. The van der Waals surface area contributed by atoms with Gasteiger partial charge in [-0.3, -0.25) is 4.79 Å². The van der Waals surface area contributed by atoms with E-state index in [1.54, 1.807) is 0 Å². The number of thioether (sulfide) groups is 1. The molecule has 0 amide bonds. The van der Waals surface area contributed by atoms with E-state index in [0.717, 1.165) is 4.90 Å². The number of carbonyl (C=O) groups excluding carboxylic acids is 1. The van der Waals surface area contributed by atoms with Gasteiger partial charge in [0.15, 0.2) is 4.75 Å². The van der Waals surface area contributed by atoms with Crippen LogP contribution in [-0.2, 0) is 14.3 Å². The predicted molar refractivity (Wildman–Crippen MR) is 57.9 cm³/mol. The summed E-state index contributed by atoms with van der Waals surface area (Å²) in [5.41, 5.74) is 0. The van der Waals surface area contributed by atoms with E-state index in [0.29, 0.717) is 13.2 Å². The molecule has 1 aliphatic heterocycles. The summed E-state index contributed by atoms with van der Waals surface area (Å²) < 4.78 is 9.37. The van der Waals surface area contributed by atoms with Crippen molar-refractivity contribution >= 4 is 17.7 Å². The molecule has 2 rings (SSSR count). The van der Waals surface area contributed by atoms with E-state index in [-0.39, 0.29) is 5.97 Å². The van der Waals surface area contributed by atoms with Crippen molar-refractivity contribution in [3.8, 4) is 0 Å². The molecular weight excluding hydrogens is 212 g/mol. The van der Waals surface area contributed by atoms with Crippen LogP contribution in [0.2, 0.25) is 0 Å². The van der Waals surface area contributed by atoms with E-state index in [1.807, 2.05) is 30.3 Å². The molecule has 0 N–H and O–H groups in total. The standard InChI is InChI=1S/C11H12O3S/c1-13-10(12)11(7-14-8-11)15-9-5-3-2-4-6-9/h2-6H,7-8H2,1H3. The van der Waals surface area contributed by atoms with Crippen molar-refractivity contribution in [2.75, 3.05) is 20.3 Å². The molecule has 1 aliphatic rings. The number of esters is 1. The molecule has 0 saturated carbocycles. The highest BCUT2D eigenvalue weighted by atomic mass is 32.2. The summed E-state index contributed by atoms with van der Waals surface area (Å²) in [6.45, 7) is 0.860. The monoisotopic (exact) mass is 224 g/mol. The fraction of sp³-hybridized carbons (Fsp3) is 0.364. The maximum atomic E-state index is 11.6. The van der Waals surface area contributed by atoms with Gasteiger partial charge in [-0.05, 0) is 12.1 Å². The number of carbonyl (C=O) groups is 1. The lowest BCUT2D eigenvalue weighted by molar-refractivity contribution is -0.155. The third kappa shape index (κ3) is 2.01. The third-order valence-electron chi connectivity index (χ3n) is 2.28. The summed E-state index contributed by atoms with van der Waals surface area (Å²) in [5, 5.41) is 0. The zero-order valence-electron chi connectivity index (χ0n) is 8.43. The van der Waals surface area contributed by atoms with Crippen molar-refractivity contribution in [3.63, 3.8) is 0 Å². The Kier molecular flexibility index (Phi) is 2.98. The molecule has 0 radical (unpaired) electrons. The maximum Gasteiger partial charge on any atom is 0.327 e. The molecular formula is C11H12O3S. The zero-order valence-corrected chi connectivity index (χ0v) is 9.25. The molecule has 1 fully saturated rings. The van der Waals surface area contributed by atoms with Gasteiger partial charge in [0.05, 0.1) is 20.3 Å². The summed E-state index contributed by atoms with van der Waals surface area (Å²) in [6, 6.07) is 9.81. The SMILES string of the molecule is COC(=O)C1(Sc2ccccc2)COC1. The van der Waals surface area contributed by atoms with Crippen molar-refractivity contribution < 1.29 is 14.3 Å². The van der Waals surface area contributed by atoms with E-state index in [2.05, 4.69) is 0 Å². The predicted octanol–water partition coefficient (Wildman–Crippen LogP) is 1.72. The molecule has 1 aromatic rings. The molecule has 15 heavy (non-hydrogen) atoms. The Morgan fingerprint density at radius 3 is 2.53 bits per heavy atom. The summed E-state index contributed by atoms with van der Waals surface area (Å²) in [4.78, 5) is 12.7. The second-order valence-corrected chi connectivity index (χ2v) is 4.85. The van der Waals surface area contributed by atoms with Crippen LogP contribution in [0.1, 0.15) is 0 Å². The Bertz CT molecular complexity index is 346. The van der Waals surface area contributed by atoms with Crippen LogP contribution in [0, 0.1) is 0 Å². The first-order chi connectivity index (χ1) is 7.27. The highest BCUT2D eigenvalue weighted by molar-refractivity contribution is 8.01. The lowest BCUT2D eigenvalue weighted by Crippen LogP contribution is -2.53. The molecule has 1 aromatic carbocycles. The Balaban J connectivity index is 2.12. The van der Waals surface area contributed by atoms with Gasteiger partial charge in [-0.25, -0.2) is 0 Å². The van der Waals surface area contributed by atoms with Gasteiger partial charge >= 0.3 is 5.97 Å². The van der Waals surface area contributed by atoms with E-state index < -0.39 is 4.75 Å². The quantitative estimate of drug-likeness (QED) is 0.732. The summed E-state index contributed by atoms with van der Waals surface area (Å²) in [7, 11) is 1.41. The van der Waals surface area contributed by atoms with Crippen LogP contribution in [-0.4, -0.2) is 31.0 Å². The topological polar surface area (TPSA) is 35.5 Å². The molecule has 0 unspecified atom stereocenters. The molecule has 0 aromatic heterocycles. The van der Waals surface area contributed by atoms with Crippen LogP contribution >= 0.6 is 11.8 Å². The van der Waals surface area contributed by atoms with Gasteiger partial charge in [-0.2, -0.15) is 0 Å². The second kappa shape index (κ2) is 4.24. The Labute approximate surface area is 92.8 Å². The average Bonchev–Trinajstić information content (AvgIpc) is 2.24. The third-order valence-corrected chi connectivity index (χ3v) is 3.59. The molecule has 1 heterocycles. The minimum Gasteiger partial charge on any atom is -0.468 e. The minimum atomic E-state index is -0.532. The molecule has 3 nitrogen and oxygen atoms in total. The summed E-state index contributed by atoms with van der Waals surface area (Å²) in [5.74, 6) is -0.206. The average molecular weight is 224 g/mol. The van der Waals surface area contributed by atoms with E-state index >= 15 is 0 Å². The van der Waals surface area contributed by atoms with Gasteiger partial charge < -0.3 is 9.47 Å². The zero-order chi connectivity index (χ0) is 10.7. The van der Waals surface area contributed by atoms with Gasteiger partial charge in [-0.1, -0.05) is 18.2 Å². The van der Waals surface area contributed by atoms with Gasteiger partial charge in [0.25, 0.3) is 0 Å². The first-order valence-corrected chi connectivity index (χ1v) is 5.49. The fourth-order valence-corrected chi connectivity index (χ4v) is 2.60.